The van der Waals surface area contributed by atoms with E-state index in [2.05, 4.69) is 0 Å². The number of carboxylic acids is 1. The van der Waals surface area contributed by atoms with Crippen molar-refractivity contribution in [1.82, 2.24) is 4.90 Å². The van der Waals surface area contributed by atoms with Crippen LogP contribution in [0.3, 0.4) is 0 Å². The van der Waals surface area contributed by atoms with Crippen LogP contribution in [-0.4, -0.2) is 34.0 Å². The fourth-order valence-electron chi connectivity index (χ4n) is 2.73. The van der Waals surface area contributed by atoms with E-state index in [0.717, 1.165) is 0 Å². The largest absolute Gasteiger partial charge is 0.479 e. The Morgan fingerprint density at radius 2 is 2.20 bits per heavy atom. The van der Waals surface area contributed by atoms with Crippen molar-refractivity contribution in [2.24, 2.45) is 0 Å². The summed E-state index contributed by atoms with van der Waals surface area (Å²) in [4.78, 5) is 25.6. The van der Waals surface area contributed by atoms with Crippen molar-refractivity contribution in [3.63, 3.8) is 0 Å². The van der Waals surface area contributed by atoms with E-state index in [1.54, 1.807) is 19.1 Å². The van der Waals surface area contributed by atoms with E-state index in [0.29, 0.717) is 42.1 Å². The zero-order valence-corrected chi connectivity index (χ0v) is 12.0. The normalized spacial score (nSPS) is 22.0. The summed E-state index contributed by atoms with van der Waals surface area (Å²) >= 11 is 5.92. The second-order valence-electron chi connectivity index (χ2n) is 4.99. The number of benzene rings is 1. The average molecular weight is 297 g/mol. The van der Waals surface area contributed by atoms with Gasteiger partial charge in [0.25, 0.3) is 5.91 Å². The van der Waals surface area contributed by atoms with Gasteiger partial charge in [0.2, 0.25) is 0 Å². The number of likely N-dealkylation sites (tertiary alicyclic amines) is 1. The Balaban J connectivity index is 2.36. The summed E-state index contributed by atoms with van der Waals surface area (Å²) in [6.45, 7) is 2.23. The van der Waals surface area contributed by atoms with E-state index >= 15 is 0 Å². The number of nitrogens with two attached hydrogens (primary N) is 1. The molecule has 108 valence electrons. The van der Waals surface area contributed by atoms with Gasteiger partial charge in [-0.25, -0.2) is 4.79 Å². The molecule has 1 aromatic carbocycles. The summed E-state index contributed by atoms with van der Waals surface area (Å²) in [6.07, 6.45) is 1.55. The van der Waals surface area contributed by atoms with Crippen molar-refractivity contribution in [2.45, 2.75) is 31.7 Å². The molecule has 1 fully saturated rings. The monoisotopic (exact) mass is 296 g/mol. The fourth-order valence-corrected chi connectivity index (χ4v) is 2.91. The second kappa shape index (κ2) is 5.32. The fraction of sp³-hybridized carbons (Fsp3) is 0.429. The van der Waals surface area contributed by atoms with Gasteiger partial charge in [0.1, 0.15) is 5.54 Å². The van der Waals surface area contributed by atoms with Crippen LogP contribution >= 0.6 is 11.6 Å². The van der Waals surface area contributed by atoms with Gasteiger partial charge in [0, 0.05) is 12.1 Å². The van der Waals surface area contributed by atoms with E-state index in [-0.39, 0.29) is 5.91 Å². The Kier molecular flexibility index (Phi) is 3.90. The highest BCUT2D eigenvalue weighted by Gasteiger charge is 2.48. The maximum absolute atomic E-state index is 12.6. The first-order valence-corrected chi connectivity index (χ1v) is 6.90. The van der Waals surface area contributed by atoms with E-state index in [9.17, 15) is 14.7 Å². The summed E-state index contributed by atoms with van der Waals surface area (Å²) in [5.41, 5.74) is 5.27. The third-order valence-electron chi connectivity index (χ3n) is 3.96. The minimum Gasteiger partial charge on any atom is -0.479 e. The van der Waals surface area contributed by atoms with Crippen LogP contribution < -0.4 is 5.73 Å². The Bertz CT molecular complexity index is 561. The van der Waals surface area contributed by atoms with Gasteiger partial charge in [-0.1, -0.05) is 18.5 Å². The molecule has 0 saturated carbocycles. The molecule has 0 spiro atoms. The molecule has 0 radical (unpaired) electrons. The third kappa shape index (κ3) is 2.22. The van der Waals surface area contributed by atoms with E-state index in [4.69, 9.17) is 17.3 Å². The Labute approximate surface area is 122 Å². The molecule has 0 aromatic heterocycles. The SMILES string of the molecule is CCC1(C(=O)O)CCCN1C(=O)c1ccc(N)c(Cl)c1. The highest BCUT2D eigenvalue weighted by Crippen LogP contribution is 2.34. The third-order valence-corrected chi connectivity index (χ3v) is 4.29. The molecule has 1 unspecified atom stereocenters. The molecule has 1 amide bonds. The zero-order chi connectivity index (χ0) is 14.9. The number of nitrogens with zero attached hydrogens (tertiary/aromatic N) is 1. The van der Waals surface area contributed by atoms with Crippen LogP contribution in [0.4, 0.5) is 5.69 Å². The van der Waals surface area contributed by atoms with Gasteiger partial charge in [-0.3, -0.25) is 4.79 Å². The van der Waals surface area contributed by atoms with E-state index in [1.165, 1.54) is 11.0 Å². The highest BCUT2D eigenvalue weighted by atomic mass is 35.5. The van der Waals surface area contributed by atoms with Gasteiger partial charge >= 0.3 is 5.97 Å². The maximum Gasteiger partial charge on any atom is 0.329 e. The lowest BCUT2D eigenvalue weighted by Gasteiger charge is -2.34. The van der Waals surface area contributed by atoms with Crippen molar-refractivity contribution in [1.29, 1.82) is 0 Å². The Hall–Kier alpha value is -1.75. The number of carboxylic acid groups (broad SMARTS) is 1. The Morgan fingerprint density at radius 1 is 1.50 bits per heavy atom. The molecule has 1 aromatic rings. The van der Waals surface area contributed by atoms with Crippen molar-refractivity contribution in [3.8, 4) is 0 Å². The van der Waals surface area contributed by atoms with Crippen molar-refractivity contribution in [2.75, 3.05) is 12.3 Å². The maximum atomic E-state index is 12.6. The van der Waals surface area contributed by atoms with Gasteiger partial charge in [-0.15, -0.1) is 0 Å². The number of nitrogen functional groups attached to an aromatic ring is 1. The number of hydrogen-bond acceptors (Lipinski definition) is 3. The lowest BCUT2D eigenvalue weighted by Crippen LogP contribution is -2.52. The molecular weight excluding hydrogens is 280 g/mol. The smallest absolute Gasteiger partial charge is 0.329 e. The van der Waals surface area contributed by atoms with Gasteiger partial charge < -0.3 is 15.7 Å². The molecule has 5 nitrogen and oxygen atoms in total. The number of rotatable bonds is 3. The average Bonchev–Trinajstić information content (AvgIpc) is 2.86. The first kappa shape index (κ1) is 14.7. The second-order valence-corrected chi connectivity index (χ2v) is 5.39. The molecule has 1 heterocycles. The highest BCUT2D eigenvalue weighted by molar-refractivity contribution is 6.33. The number of carbonyl (C=O) groups is 2. The summed E-state index contributed by atoms with van der Waals surface area (Å²) in [6, 6.07) is 4.62. The van der Waals surface area contributed by atoms with Gasteiger partial charge in [-0.2, -0.15) is 0 Å². The Morgan fingerprint density at radius 3 is 2.75 bits per heavy atom. The van der Waals surface area contributed by atoms with Crippen LogP contribution in [-0.2, 0) is 4.79 Å². The molecule has 3 N–H and O–H groups in total. The van der Waals surface area contributed by atoms with Gasteiger partial charge in [0.15, 0.2) is 0 Å². The summed E-state index contributed by atoms with van der Waals surface area (Å²) in [7, 11) is 0. The predicted octanol–water partition coefficient (Wildman–Crippen LogP) is 2.39. The minimum absolute atomic E-state index is 0.299. The summed E-state index contributed by atoms with van der Waals surface area (Å²) < 4.78 is 0. The molecule has 0 bridgehead atoms. The first-order chi connectivity index (χ1) is 9.42. The number of anilines is 1. The standard InChI is InChI=1S/C14H17ClN2O3/c1-2-14(13(19)20)6-3-7-17(14)12(18)9-4-5-11(16)10(15)8-9/h4-5,8H,2-3,6-7,16H2,1H3,(H,19,20). The van der Waals surface area contributed by atoms with Crippen LogP contribution in [0.25, 0.3) is 0 Å². The van der Waals surface area contributed by atoms with Crippen LogP contribution in [0.15, 0.2) is 18.2 Å². The van der Waals surface area contributed by atoms with Gasteiger partial charge in [0.05, 0.1) is 10.7 Å². The lowest BCUT2D eigenvalue weighted by atomic mass is 9.92. The van der Waals surface area contributed by atoms with Crippen LogP contribution in [0, 0.1) is 0 Å². The number of amides is 1. The van der Waals surface area contributed by atoms with Crippen molar-refractivity contribution in [3.05, 3.63) is 28.8 Å². The first-order valence-electron chi connectivity index (χ1n) is 6.53. The molecule has 1 saturated heterocycles. The minimum atomic E-state index is -1.11. The molecule has 1 aliphatic rings. The molecule has 6 heteroatoms. The summed E-state index contributed by atoms with van der Waals surface area (Å²) in [5.74, 6) is -1.26. The van der Waals surface area contributed by atoms with Crippen LogP contribution in [0.5, 0.6) is 0 Å². The predicted molar refractivity (Wildman–Crippen MR) is 76.8 cm³/mol. The molecule has 1 aliphatic heterocycles. The summed E-state index contributed by atoms with van der Waals surface area (Å²) in [5, 5.41) is 9.79. The van der Waals surface area contributed by atoms with E-state index in [1.807, 2.05) is 0 Å². The number of hydrogen-bond donors (Lipinski definition) is 2. The van der Waals surface area contributed by atoms with Crippen LogP contribution in [0.2, 0.25) is 5.02 Å². The van der Waals surface area contributed by atoms with Crippen LogP contribution in [0.1, 0.15) is 36.5 Å². The van der Waals surface area contributed by atoms with Crippen molar-refractivity contribution >= 4 is 29.2 Å². The topological polar surface area (TPSA) is 83.6 Å². The zero-order valence-electron chi connectivity index (χ0n) is 11.2. The van der Waals surface area contributed by atoms with Gasteiger partial charge in [-0.05, 0) is 37.5 Å². The number of aliphatic carboxylic acids is 1. The number of carbonyl (C=O) groups excluding carboxylic acids is 1. The quantitative estimate of drug-likeness (QED) is 0.839. The molecule has 2 rings (SSSR count). The molecule has 1 atom stereocenters. The molecular formula is C14H17ClN2O3. The van der Waals surface area contributed by atoms with E-state index < -0.39 is 11.5 Å². The molecule has 20 heavy (non-hydrogen) atoms. The lowest BCUT2D eigenvalue weighted by molar-refractivity contribution is -0.148. The molecule has 0 aliphatic carbocycles. The van der Waals surface area contributed by atoms with Crippen molar-refractivity contribution < 1.29 is 14.7 Å². The number of halogens is 1.